The summed E-state index contributed by atoms with van der Waals surface area (Å²) in [6.45, 7) is 0. The molecule has 18 heavy (non-hydrogen) atoms. The third-order valence-corrected chi connectivity index (χ3v) is 2.96. The van der Waals surface area contributed by atoms with Gasteiger partial charge >= 0.3 is 0 Å². The number of aromatic nitrogens is 2. The highest BCUT2D eigenvalue weighted by Crippen LogP contribution is 2.23. The number of fused-ring (bicyclic) bond motifs is 1. The fourth-order valence-corrected chi connectivity index (χ4v) is 2.04. The van der Waals surface area contributed by atoms with Gasteiger partial charge in [-0.05, 0) is 22.9 Å². The summed E-state index contributed by atoms with van der Waals surface area (Å²) in [5.74, 6) is 1.60. The Hall–Kier alpha value is -1.87. The van der Waals surface area contributed by atoms with Crippen molar-refractivity contribution in [3.05, 3.63) is 48.4 Å². The van der Waals surface area contributed by atoms with Crippen molar-refractivity contribution in [2.45, 2.75) is 6.42 Å². The predicted molar refractivity (Wildman–Crippen MR) is 71.7 cm³/mol. The number of hydrogen-bond acceptors (Lipinski definition) is 3. The lowest BCUT2D eigenvalue weighted by molar-refractivity contribution is 0.514. The summed E-state index contributed by atoms with van der Waals surface area (Å²) in [5, 5.41) is 10.4. The highest BCUT2D eigenvalue weighted by atomic mass is 35.5. The Labute approximate surface area is 109 Å². The van der Waals surface area contributed by atoms with Crippen LogP contribution in [0.3, 0.4) is 0 Å². The van der Waals surface area contributed by atoms with Gasteiger partial charge in [-0.2, -0.15) is 0 Å². The molecule has 0 amide bonds. The molecule has 0 aliphatic rings. The Kier molecular flexibility index (Phi) is 2.99. The van der Waals surface area contributed by atoms with E-state index in [1.165, 1.54) is 5.39 Å². The molecule has 1 aromatic heterocycles. The first kappa shape index (κ1) is 11.2. The predicted octanol–water partition coefficient (Wildman–Crippen LogP) is 3.67. The molecule has 3 rings (SSSR count). The highest BCUT2D eigenvalue weighted by Gasteiger charge is 2.08. The first-order valence-electron chi connectivity index (χ1n) is 5.74. The molecule has 90 valence electrons. The van der Waals surface area contributed by atoms with Crippen LogP contribution in [0, 0.1) is 0 Å². The monoisotopic (exact) mass is 258 g/mol. The maximum absolute atomic E-state index is 5.64. The molecular weight excluding hydrogens is 248 g/mol. The Morgan fingerprint density at radius 1 is 1.00 bits per heavy atom. The molecule has 0 aliphatic heterocycles. The van der Waals surface area contributed by atoms with Gasteiger partial charge in [-0.25, -0.2) is 0 Å². The molecule has 0 radical (unpaired) electrons. The van der Waals surface area contributed by atoms with Gasteiger partial charge < -0.3 is 4.42 Å². The molecular formula is C14H11ClN2O. The second kappa shape index (κ2) is 4.78. The van der Waals surface area contributed by atoms with Gasteiger partial charge in [-0.1, -0.05) is 30.3 Å². The Balaban J connectivity index is 2.02. The number of aryl methyl sites for hydroxylation is 1. The molecule has 0 aliphatic carbocycles. The van der Waals surface area contributed by atoms with E-state index in [4.69, 9.17) is 16.0 Å². The fourth-order valence-electron chi connectivity index (χ4n) is 1.87. The summed E-state index contributed by atoms with van der Waals surface area (Å²) in [6.07, 6.45) is 0.599. The van der Waals surface area contributed by atoms with E-state index in [2.05, 4.69) is 28.4 Å². The number of hydrogen-bond donors (Lipinski definition) is 0. The van der Waals surface area contributed by atoms with Gasteiger partial charge in [-0.3, -0.25) is 0 Å². The molecule has 0 atom stereocenters. The van der Waals surface area contributed by atoms with Crippen LogP contribution in [-0.2, 0) is 6.42 Å². The van der Waals surface area contributed by atoms with E-state index in [9.17, 15) is 0 Å². The quantitative estimate of drug-likeness (QED) is 0.673. The van der Waals surface area contributed by atoms with E-state index in [0.717, 1.165) is 10.9 Å². The van der Waals surface area contributed by atoms with Crippen molar-refractivity contribution < 1.29 is 4.42 Å². The van der Waals surface area contributed by atoms with Gasteiger partial charge in [0, 0.05) is 17.9 Å². The Morgan fingerprint density at radius 2 is 1.83 bits per heavy atom. The van der Waals surface area contributed by atoms with Crippen LogP contribution >= 0.6 is 11.6 Å². The molecule has 0 spiro atoms. The van der Waals surface area contributed by atoms with Crippen molar-refractivity contribution in [3.8, 4) is 11.5 Å². The summed E-state index contributed by atoms with van der Waals surface area (Å²) in [4.78, 5) is 0. The Bertz CT molecular complexity index is 678. The summed E-state index contributed by atoms with van der Waals surface area (Å²) in [6, 6.07) is 14.3. The molecule has 3 nitrogen and oxygen atoms in total. The minimum absolute atomic E-state index is 0.485. The first-order chi connectivity index (χ1) is 8.86. The zero-order valence-electron chi connectivity index (χ0n) is 9.64. The lowest BCUT2D eigenvalue weighted by Crippen LogP contribution is -1.84. The summed E-state index contributed by atoms with van der Waals surface area (Å²) < 4.78 is 5.55. The molecule has 2 aromatic carbocycles. The SMILES string of the molecule is ClCCc1nnc(-c2ccc3ccccc3c2)o1. The molecule has 0 saturated heterocycles. The van der Waals surface area contributed by atoms with E-state index < -0.39 is 0 Å². The summed E-state index contributed by atoms with van der Waals surface area (Å²) in [5.41, 5.74) is 0.932. The van der Waals surface area contributed by atoms with E-state index >= 15 is 0 Å². The van der Waals surface area contributed by atoms with Crippen LogP contribution in [0.15, 0.2) is 46.9 Å². The van der Waals surface area contributed by atoms with Gasteiger partial charge in [0.2, 0.25) is 11.8 Å². The zero-order chi connectivity index (χ0) is 12.4. The van der Waals surface area contributed by atoms with Gasteiger partial charge in [0.1, 0.15) is 0 Å². The van der Waals surface area contributed by atoms with Crippen molar-refractivity contribution in [1.82, 2.24) is 10.2 Å². The maximum atomic E-state index is 5.64. The zero-order valence-corrected chi connectivity index (χ0v) is 10.4. The molecule has 4 heteroatoms. The summed E-state index contributed by atoms with van der Waals surface area (Å²) >= 11 is 5.64. The average molecular weight is 259 g/mol. The lowest BCUT2D eigenvalue weighted by atomic mass is 10.1. The third-order valence-electron chi connectivity index (χ3n) is 2.77. The molecule has 0 N–H and O–H groups in total. The number of benzene rings is 2. The maximum Gasteiger partial charge on any atom is 0.247 e. The molecule has 3 aromatic rings. The average Bonchev–Trinajstić information content (AvgIpc) is 2.87. The fraction of sp³-hybridized carbons (Fsp3) is 0.143. The van der Waals surface area contributed by atoms with Crippen molar-refractivity contribution in [2.75, 3.05) is 5.88 Å². The molecule has 0 unspecified atom stereocenters. The highest BCUT2D eigenvalue weighted by molar-refractivity contribution is 6.17. The number of alkyl halides is 1. The lowest BCUT2D eigenvalue weighted by Gasteiger charge is -1.99. The van der Waals surface area contributed by atoms with E-state index in [0.29, 0.717) is 24.1 Å². The van der Waals surface area contributed by atoms with Crippen LogP contribution < -0.4 is 0 Å². The number of rotatable bonds is 3. The first-order valence-corrected chi connectivity index (χ1v) is 6.28. The van der Waals surface area contributed by atoms with Gasteiger partial charge in [0.25, 0.3) is 0 Å². The normalized spacial score (nSPS) is 10.9. The number of halogens is 1. The van der Waals surface area contributed by atoms with Crippen LogP contribution in [0.25, 0.3) is 22.2 Å². The smallest absolute Gasteiger partial charge is 0.247 e. The van der Waals surface area contributed by atoms with E-state index in [1.807, 2.05) is 24.3 Å². The van der Waals surface area contributed by atoms with Crippen molar-refractivity contribution in [3.63, 3.8) is 0 Å². The van der Waals surface area contributed by atoms with Crippen LogP contribution in [-0.4, -0.2) is 16.1 Å². The van der Waals surface area contributed by atoms with Crippen LogP contribution in [0.1, 0.15) is 5.89 Å². The van der Waals surface area contributed by atoms with E-state index in [-0.39, 0.29) is 0 Å². The van der Waals surface area contributed by atoms with Crippen molar-refractivity contribution in [2.24, 2.45) is 0 Å². The second-order valence-electron chi connectivity index (χ2n) is 4.00. The minimum Gasteiger partial charge on any atom is -0.421 e. The topological polar surface area (TPSA) is 38.9 Å². The van der Waals surface area contributed by atoms with Gasteiger partial charge in [0.15, 0.2) is 0 Å². The third kappa shape index (κ3) is 2.09. The van der Waals surface area contributed by atoms with E-state index in [1.54, 1.807) is 0 Å². The molecule has 1 heterocycles. The van der Waals surface area contributed by atoms with Crippen LogP contribution in [0.5, 0.6) is 0 Å². The van der Waals surface area contributed by atoms with Crippen molar-refractivity contribution >= 4 is 22.4 Å². The summed E-state index contributed by atoms with van der Waals surface area (Å²) in [7, 11) is 0. The number of nitrogens with zero attached hydrogens (tertiary/aromatic N) is 2. The molecule has 0 fully saturated rings. The van der Waals surface area contributed by atoms with Crippen molar-refractivity contribution in [1.29, 1.82) is 0 Å². The standard InChI is InChI=1S/C14H11ClN2O/c15-8-7-13-16-17-14(18-13)12-6-5-10-3-1-2-4-11(10)9-12/h1-6,9H,7-8H2. The molecule has 0 bridgehead atoms. The second-order valence-corrected chi connectivity index (χ2v) is 4.38. The Morgan fingerprint density at radius 3 is 2.67 bits per heavy atom. The van der Waals surface area contributed by atoms with Crippen LogP contribution in [0.4, 0.5) is 0 Å². The van der Waals surface area contributed by atoms with Gasteiger partial charge in [0.05, 0.1) is 0 Å². The van der Waals surface area contributed by atoms with Gasteiger partial charge in [-0.15, -0.1) is 21.8 Å². The largest absolute Gasteiger partial charge is 0.421 e. The van der Waals surface area contributed by atoms with Crippen LogP contribution in [0.2, 0.25) is 0 Å². The molecule has 0 saturated carbocycles. The minimum atomic E-state index is 0.485.